The van der Waals surface area contributed by atoms with Crippen LogP contribution in [-0.4, -0.2) is 39.4 Å². The van der Waals surface area contributed by atoms with Gasteiger partial charge in [-0.05, 0) is 37.0 Å². The summed E-state index contributed by atoms with van der Waals surface area (Å²) >= 11 is 0. The summed E-state index contributed by atoms with van der Waals surface area (Å²) in [6.45, 7) is 5.95. The first-order valence-electron chi connectivity index (χ1n) is 10.0. The van der Waals surface area contributed by atoms with Crippen LogP contribution >= 0.6 is 0 Å². The third-order valence-electron chi connectivity index (χ3n) is 4.94. The van der Waals surface area contributed by atoms with Crippen LogP contribution in [0.5, 0.6) is 5.75 Å². The van der Waals surface area contributed by atoms with Gasteiger partial charge in [-0.15, -0.1) is 0 Å². The summed E-state index contributed by atoms with van der Waals surface area (Å²) in [5.41, 5.74) is 3.65. The van der Waals surface area contributed by atoms with E-state index in [2.05, 4.69) is 65.0 Å². The van der Waals surface area contributed by atoms with Crippen molar-refractivity contribution in [1.82, 2.24) is 10.6 Å². The van der Waals surface area contributed by atoms with Crippen LogP contribution in [0.3, 0.4) is 0 Å². The lowest BCUT2D eigenvalue weighted by Gasteiger charge is -2.17. The average Bonchev–Trinajstić information content (AvgIpc) is 3.24. The number of hydrogen-bond acceptors (Lipinski definition) is 3. The molecule has 150 valence electrons. The standard InChI is InChI=1S/C23H31N3O2/c1-18-8-9-21(22(14-18)28-17-20-11-13-27-16-20)15-26-23(24-2)25-12-10-19-6-4-3-5-7-19/h3-9,14,20H,10-13,15-17H2,1-2H3,(H2,24,25,26). The highest BCUT2D eigenvalue weighted by Gasteiger charge is 2.17. The fraction of sp³-hybridized carbons (Fsp3) is 0.435. The first-order valence-corrected chi connectivity index (χ1v) is 10.0. The van der Waals surface area contributed by atoms with Crippen molar-refractivity contribution in [2.45, 2.75) is 26.3 Å². The van der Waals surface area contributed by atoms with Crippen molar-refractivity contribution in [1.29, 1.82) is 0 Å². The van der Waals surface area contributed by atoms with Gasteiger partial charge in [0.25, 0.3) is 0 Å². The molecule has 0 spiro atoms. The largest absolute Gasteiger partial charge is 0.493 e. The van der Waals surface area contributed by atoms with Gasteiger partial charge in [-0.1, -0.05) is 42.5 Å². The molecule has 2 aromatic carbocycles. The van der Waals surface area contributed by atoms with Crippen molar-refractivity contribution in [2.24, 2.45) is 10.9 Å². The lowest BCUT2D eigenvalue weighted by molar-refractivity contribution is 0.166. The van der Waals surface area contributed by atoms with E-state index in [4.69, 9.17) is 9.47 Å². The van der Waals surface area contributed by atoms with E-state index < -0.39 is 0 Å². The topological polar surface area (TPSA) is 54.9 Å². The molecule has 2 N–H and O–H groups in total. The smallest absolute Gasteiger partial charge is 0.191 e. The van der Waals surface area contributed by atoms with Gasteiger partial charge < -0.3 is 20.1 Å². The highest BCUT2D eigenvalue weighted by atomic mass is 16.5. The van der Waals surface area contributed by atoms with Gasteiger partial charge in [-0.2, -0.15) is 0 Å². The number of aliphatic imine (C=N–C) groups is 1. The zero-order valence-corrected chi connectivity index (χ0v) is 16.9. The molecule has 1 atom stereocenters. The first-order chi connectivity index (χ1) is 13.7. The molecule has 0 radical (unpaired) electrons. The van der Waals surface area contributed by atoms with Crippen LogP contribution in [0.2, 0.25) is 0 Å². The Bertz CT molecular complexity index is 756. The number of hydrogen-bond donors (Lipinski definition) is 2. The minimum absolute atomic E-state index is 0.494. The van der Waals surface area contributed by atoms with Gasteiger partial charge in [0.05, 0.1) is 13.2 Å². The van der Waals surface area contributed by atoms with E-state index in [0.29, 0.717) is 19.1 Å². The molecule has 0 bridgehead atoms. The summed E-state index contributed by atoms with van der Waals surface area (Å²) in [6.07, 6.45) is 2.04. The zero-order valence-electron chi connectivity index (χ0n) is 16.9. The van der Waals surface area contributed by atoms with Crippen LogP contribution in [0.4, 0.5) is 0 Å². The molecule has 1 aliphatic rings. The van der Waals surface area contributed by atoms with Gasteiger partial charge in [0.1, 0.15) is 5.75 Å². The van der Waals surface area contributed by atoms with Crippen LogP contribution in [0.1, 0.15) is 23.1 Å². The Morgan fingerprint density at radius 2 is 2.04 bits per heavy atom. The van der Waals surface area contributed by atoms with E-state index in [9.17, 15) is 0 Å². The summed E-state index contributed by atoms with van der Waals surface area (Å²) in [6, 6.07) is 16.8. The Labute approximate surface area is 168 Å². The summed E-state index contributed by atoms with van der Waals surface area (Å²) in [4.78, 5) is 4.33. The van der Waals surface area contributed by atoms with E-state index in [1.807, 2.05) is 6.07 Å². The Hall–Kier alpha value is -2.53. The normalized spacial score (nSPS) is 16.8. The Kier molecular flexibility index (Phi) is 7.73. The molecule has 5 nitrogen and oxygen atoms in total. The lowest BCUT2D eigenvalue weighted by atomic mass is 10.1. The summed E-state index contributed by atoms with van der Waals surface area (Å²) in [5, 5.41) is 6.77. The van der Waals surface area contributed by atoms with Crippen LogP contribution in [0.25, 0.3) is 0 Å². The number of guanidine groups is 1. The van der Waals surface area contributed by atoms with Crippen molar-refractivity contribution in [3.05, 3.63) is 65.2 Å². The molecule has 1 saturated heterocycles. The van der Waals surface area contributed by atoms with Crippen molar-refractivity contribution in [3.8, 4) is 5.75 Å². The van der Waals surface area contributed by atoms with Gasteiger partial charge in [0.2, 0.25) is 0 Å². The van der Waals surface area contributed by atoms with Crippen LogP contribution in [0.15, 0.2) is 53.5 Å². The summed E-state index contributed by atoms with van der Waals surface area (Å²) in [5.74, 6) is 2.24. The number of nitrogens with one attached hydrogen (secondary N) is 2. The molecule has 0 aliphatic carbocycles. The van der Waals surface area contributed by atoms with E-state index in [0.717, 1.165) is 49.9 Å². The Morgan fingerprint density at radius 1 is 1.18 bits per heavy atom. The second-order valence-electron chi connectivity index (χ2n) is 7.24. The molecule has 0 saturated carbocycles. The fourth-order valence-electron chi connectivity index (χ4n) is 3.23. The number of ether oxygens (including phenoxy) is 2. The fourth-order valence-corrected chi connectivity index (χ4v) is 3.23. The van der Waals surface area contributed by atoms with Crippen LogP contribution < -0.4 is 15.4 Å². The highest BCUT2D eigenvalue weighted by Crippen LogP contribution is 2.22. The maximum absolute atomic E-state index is 6.13. The molecule has 1 aliphatic heterocycles. The van der Waals surface area contributed by atoms with Crippen LogP contribution in [0, 0.1) is 12.8 Å². The SMILES string of the molecule is CN=C(NCCc1ccccc1)NCc1ccc(C)cc1OCC1CCOC1. The molecule has 5 heteroatoms. The summed E-state index contributed by atoms with van der Waals surface area (Å²) < 4.78 is 11.6. The van der Waals surface area contributed by atoms with Crippen molar-refractivity contribution in [2.75, 3.05) is 33.4 Å². The molecule has 1 heterocycles. The van der Waals surface area contributed by atoms with Crippen molar-refractivity contribution < 1.29 is 9.47 Å². The molecule has 0 amide bonds. The first kappa shape index (κ1) is 20.2. The molecule has 0 aromatic heterocycles. The second kappa shape index (κ2) is 10.7. The molecule has 1 fully saturated rings. The predicted octanol–water partition coefficient (Wildman–Crippen LogP) is 3.32. The molecular formula is C23H31N3O2. The quantitative estimate of drug-likeness (QED) is 0.544. The monoisotopic (exact) mass is 381 g/mol. The molecule has 2 aromatic rings. The maximum Gasteiger partial charge on any atom is 0.191 e. The van der Waals surface area contributed by atoms with Crippen molar-refractivity contribution >= 4 is 5.96 Å². The van der Waals surface area contributed by atoms with E-state index in [1.165, 1.54) is 11.1 Å². The highest BCUT2D eigenvalue weighted by molar-refractivity contribution is 5.79. The number of aryl methyl sites for hydroxylation is 1. The van der Waals surface area contributed by atoms with E-state index in [-0.39, 0.29) is 0 Å². The van der Waals surface area contributed by atoms with Crippen molar-refractivity contribution in [3.63, 3.8) is 0 Å². The van der Waals surface area contributed by atoms with E-state index >= 15 is 0 Å². The summed E-state index contributed by atoms with van der Waals surface area (Å²) in [7, 11) is 1.80. The average molecular weight is 382 g/mol. The third kappa shape index (κ3) is 6.27. The minimum atomic E-state index is 0.494. The molecule has 3 rings (SSSR count). The van der Waals surface area contributed by atoms with Gasteiger partial charge in [-0.3, -0.25) is 4.99 Å². The van der Waals surface area contributed by atoms with Gasteiger partial charge in [0.15, 0.2) is 5.96 Å². The maximum atomic E-state index is 6.13. The molecular weight excluding hydrogens is 350 g/mol. The number of rotatable bonds is 8. The predicted molar refractivity (Wildman–Crippen MR) is 114 cm³/mol. The van der Waals surface area contributed by atoms with Gasteiger partial charge in [-0.25, -0.2) is 0 Å². The third-order valence-corrected chi connectivity index (χ3v) is 4.94. The second-order valence-corrected chi connectivity index (χ2v) is 7.24. The molecule has 1 unspecified atom stereocenters. The lowest BCUT2D eigenvalue weighted by Crippen LogP contribution is -2.38. The zero-order chi connectivity index (χ0) is 19.6. The van der Waals surface area contributed by atoms with Gasteiger partial charge >= 0.3 is 0 Å². The minimum Gasteiger partial charge on any atom is -0.493 e. The Balaban J connectivity index is 1.50. The number of nitrogens with zero attached hydrogens (tertiary/aromatic N) is 1. The van der Waals surface area contributed by atoms with Crippen LogP contribution in [-0.2, 0) is 17.7 Å². The molecule has 28 heavy (non-hydrogen) atoms. The van der Waals surface area contributed by atoms with E-state index in [1.54, 1.807) is 7.05 Å². The number of benzene rings is 2. The van der Waals surface area contributed by atoms with Gasteiger partial charge in [0, 0.05) is 38.2 Å². The Morgan fingerprint density at radius 3 is 2.79 bits per heavy atom.